The molecule has 0 bridgehead atoms. The summed E-state index contributed by atoms with van der Waals surface area (Å²) in [6.45, 7) is 3.98. The fourth-order valence-corrected chi connectivity index (χ4v) is 2.28. The van der Waals surface area contributed by atoms with E-state index in [0.29, 0.717) is 0 Å². The lowest BCUT2D eigenvalue weighted by Gasteiger charge is -2.13. The van der Waals surface area contributed by atoms with Crippen molar-refractivity contribution in [1.82, 2.24) is 5.32 Å². The van der Waals surface area contributed by atoms with E-state index in [1.807, 2.05) is 62.4 Å². The van der Waals surface area contributed by atoms with Crippen LogP contribution in [0.1, 0.15) is 25.0 Å². The highest BCUT2D eigenvalue weighted by Crippen LogP contribution is 2.12. The third-order valence-corrected chi connectivity index (χ3v) is 3.35. The predicted molar refractivity (Wildman–Crippen MR) is 87.8 cm³/mol. The third kappa shape index (κ3) is 4.92. The van der Waals surface area contributed by atoms with E-state index in [1.165, 1.54) is 5.56 Å². The van der Waals surface area contributed by atoms with Crippen molar-refractivity contribution >= 4 is 11.5 Å². The van der Waals surface area contributed by atoms with Crippen LogP contribution in [0.5, 0.6) is 0 Å². The number of carbonyl (C=O) groups excluding carboxylic acids is 1. The van der Waals surface area contributed by atoms with E-state index in [-0.39, 0.29) is 11.9 Å². The quantitative estimate of drug-likeness (QED) is 0.828. The molecule has 0 unspecified atom stereocenters. The van der Waals surface area contributed by atoms with Gasteiger partial charge in [-0.3, -0.25) is 4.79 Å². The average molecular weight is 279 g/mol. The zero-order chi connectivity index (χ0) is 15.1. The highest BCUT2D eigenvalue weighted by molar-refractivity contribution is 5.94. The molecule has 1 atom stereocenters. The summed E-state index contributed by atoms with van der Waals surface area (Å²) in [6, 6.07) is 20.2. The monoisotopic (exact) mass is 279 g/mol. The van der Waals surface area contributed by atoms with Gasteiger partial charge in [0.2, 0.25) is 5.91 Å². The van der Waals surface area contributed by atoms with Crippen LogP contribution < -0.4 is 5.32 Å². The minimum Gasteiger partial charge on any atom is -0.350 e. The molecule has 0 heterocycles. The average Bonchev–Trinajstić information content (AvgIpc) is 2.48. The maximum Gasteiger partial charge on any atom is 0.244 e. The molecule has 1 N–H and O–H groups in total. The number of carbonyl (C=O) groups is 1. The molecule has 2 aromatic carbocycles. The number of allylic oxidation sites excluding steroid dienone is 1. The lowest BCUT2D eigenvalue weighted by atomic mass is 10.1. The van der Waals surface area contributed by atoms with Crippen molar-refractivity contribution in [3.8, 4) is 0 Å². The van der Waals surface area contributed by atoms with Crippen molar-refractivity contribution in [2.45, 2.75) is 26.3 Å². The second-order valence-corrected chi connectivity index (χ2v) is 5.29. The first-order valence-corrected chi connectivity index (χ1v) is 7.23. The predicted octanol–water partition coefficient (Wildman–Crippen LogP) is 3.84. The number of benzene rings is 2. The van der Waals surface area contributed by atoms with Crippen molar-refractivity contribution in [1.29, 1.82) is 0 Å². The summed E-state index contributed by atoms with van der Waals surface area (Å²) in [5.74, 6) is -0.0419. The first-order valence-electron chi connectivity index (χ1n) is 7.23. The van der Waals surface area contributed by atoms with E-state index in [2.05, 4.69) is 17.4 Å². The fraction of sp³-hybridized carbons (Fsp3) is 0.211. The minimum atomic E-state index is -0.0419. The SMILES string of the molecule is C/C(=C\C(=O)N[C@H](C)Cc1ccccc1)c1ccccc1. The summed E-state index contributed by atoms with van der Waals surface area (Å²) in [5, 5.41) is 3.01. The molecule has 21 heavy (non-hydrogen) atoms. The Morgan fingerprint density at radius 1 is 1.05 bits per heavy atom. The molecular formula is C19H21NO. The molecule has 108 valence electrons. The van der Waals surface area contributed by atoms with Crippen molar-refractivity contribution in [2.75, 3.05) is 0 Å². The lowest BCUT2D eigenvalue weighted by molar-refractivity contribution is -0.117. The van der Waals surface area contributed by atoms with Gasteiger partial charge >= 0.3 is 0 Å². The second kappa shape index (κ2) is 7.44. The van der Waals surface area contributed by atoms with Gasteiger partial charge in [-0.05, 0) is 37.0 Å². The summed E-state index contributed by atoms with van der Waals surface area (Å²) in [6.07, 6.45) is 2.50. The van der Waals surface area contributed by atoms with E-state index in [4.69, 9.17) is 0 Å². The first-order chi connectivity index (χ1) is 10.1. The Labute approximate surface area is 126 Å². The van der Waals surface area contributed by atoms with Gasteiger partial charge in [-0.2, -0.15) is 0 Å². The van der Waals surface area contributed by atoms with Gasteiger partial charge in [-0.1, -0.05) is 60.7 Å². The number of nitrogens with one attached hydrogen (secondary N) is 1. The molecule has 2 aromatic rings. The summed E-state index contributed by atoms with van der Waals surface area (Å²) in [5.41, 5.74) is 3.28. The van der Waals surface area contributed by atoms with E-state index in [1.54, 1.807) is 6.08 Å². The van der Waals surface area contributed by atoms with Crippen LogP contribution in [0.25, 0.3) is 5.57 Å². The standard InChI is InChI=1S/C19H21NO/c1-15(18-11-7-4-8-12-18)13-19(21)20-16(2)14-17-9-5-3-6-10-17/h3-13,16H,14H2,1-2H3,(H,20,21)/b15-13+/t16-/m1/s1. The molecule has 2 heteroatoms. The van der Waals surface area contributed by atoms with Crippen LogP contribution in [0.2, 0.25) is 0 Å². The second-order valence-electron chi connectivity index (χ2n) is 5.29. The van der Waals surface area contributed by atoms with Crippen molar-refractivity contribution in [3.05, 3.63) is 77.9 Å². The van der Waals surface area contributed by atoms with Crippen LogP contribution in [0.4, 0.5) is 0 Å². The van der Waals surface area contributed by atoms with Gasteiger partial charge in [-0.15, -0.1) is 0 Å². The maximum atomic E-state index is 12.0. The Morgan fingerprint density at radius 2 is 1.62 bits per heavy atom. The Balaban J connectivity index is 1.92. The summed E-state index contributed by atoms with van der Waals surface area (Å²) >= 11 is 0. The largest absolute Gasteiger partial charge is 0.350 e. The van der Waals surface area contributed by atoms with E-state index >= 15 is 0 Å². The molecule has 0 spiro atoms. The fourth-order valence-electron chi connectivity index (χ4n) is 2.28. The number of hydrogen-bond acceptors (Lipinski definition) is 1. The van der Waals surface area contributed by atoms with Gasteiger partial charge in [0, 0.05) is 12.1 Å². The Bertz CT molecular complexity index is 602. The zero-order valence-electron chi connectivity index (χ0n) is 12.5. The van der Waals surface area contributed by atoms with Crippen LogP contribution in [0.3, 0.4) is 0 Å². The molecule has 0 radical (unpaired) electrons. The van der Waals surface area contributed by atoms with Crippen LogP contribution in [-0.4, -0.2) is 11.9 Å². The molecule has 0 saturated heterocycles. The van der Waals surface area contributed by atoms with Crippen LogP contribution in [0, 0.1) is 0 Å². The molecule has 0 fully saturated rings. The number of rotatable bonds is 5. The molecule has 0 saturated carbocycles. The zero-order valence-corrected chi connectivity index (χ0v) is 12.5. The molecule has 1 amide bonds. The van der Waals surface area contributed by atoms with Crippen LogP contribution in [0.15, 0.2) is 66.7 Å². The number of amides is 1. The molecule has 2 rings (SSSR count). The minimum absolute atomic E-state index is 0.0419. The van der Waals surface area contributed by atoms with E-state index in [0.717, 1.165) is 17.6 Å². The Morgan fingerprint density at radius 3 is 2.24 bits per heavy atom. The topological polar surface area (TPSA) is 29.1 Å². The highest BCUT2D eigenvalue weighted by atomic mass is 16.1. The molecule has 0 aromatic heterocycles. The smallest absolute Gasteiger partial charge is 0.244 e. The summed E-state index contributed by atoms with van der Waals surface area (Å²) < 4.78 is 0. The van der Waals surface area contributed by atoms with Crippen LogP contribution in [-0.2, 0) is 11.2 Å². The van der Waals surface area contributed by atoms with Crippen molar-refractivity contribution in [3.63, 3.8) is 0 Å². The summed E-state index contributed by atoms with van der Waals surface area (Å²) in [7, 11) is 0. The third-order valence-electron chi connectivity index (χ3n) is 3.35. The lowest BCUT2D eigenvalue weighted by Crippen LogP contribution is -2.32. The van der Waals surface area contributed by atoms with E-state index in [9.17, 15) is 4.79 Å². The molecule has 0 aliphatic heterocycles. The van der Waals surface area contributed by atoms with Gasteiger partial charge in [0.05, 0.1) is 0 Å². The van der Waals surface area contributed by atoms with Gasteiger partial charge < -0.3 is 5.32 Å². The summed E-state index contributed by atoms with van der Waals surface area (Å²) in [4.78, 5) is 12.0. The van der Waals surface area contributed by atoms with Crippen molar-refractivity contribution in [2.24, 2.45) is 0 Å². The van der Waals surface area contributed by atoms with Crippen molar-refractivity contribution < 1.29 is 4.79 Å². The molecule has 0 aliphatic carbocycles. The normalized spacial score (nSPS) is 12.8. The van der Waals surface area contributed by atoms with Gasteiger partial charge in [0.15, 0.2) is 0 Å². The molecule has 0 aliphatic rings. The van der Waals surface area contributed by atoms with Crippen LogP contribution >= 0.6 is 0 Å². The van der Waals surface area contributed by atoms with Gasteiger partial charge in [0.25, 0.3) is 0 Å². The Kier molecular flexibility index (Phi) is 5.33. The van der Waals surface area contributed by atoms with E-state index < -0.39 is 0 Å². The first kappa shape index (κ1) is 15.0. The number of hydrogen-bond donors (Lipinski definition) is 1. The molecular weight excluding hydrogens is 258 g/mol. The maximum absolute atomic E-state index is 12.0. The van der Waals surface area contributed by atoms with Gasteiger partial charge in [-0.25, -0.2) is 0 Å². The van der Waals surface area contributed by atoms with Gasteiger partial charge in [0.1, 0.15) is 0 Å². The Hall–Kier alpha value is -2.35. The molecule has 2 nitrogen and oxygen atoms in total. The highest BCUT2D eigenvalue weighted by Gasteiger charge is 2.06.